The normalized spacial score (nSPS) is 24.7. The predicted octanol–water partition coefficient (Wildman–Crippen LogP) is 3.74. The maximum atomic E-state index is 11.7. The van der Waals surface area contributed by atoms with Crippen LogP contribution in [-0.4, -0.2) is 11.1 Å². The molecule has 1 fully saturated rings. The van der Waals surface area contributed by atoms with Gasteiger partial charge in [-0.25, -0.2) is 0 Å². The van der Waals surface area contributed by atoms with Gasteiger partial charge in [0.2, 0.25) is 0 Å². The minimum Gasteiger partial charge on any atom is -0.481 e. The number of carbonyl (C=O) groups is 1. The van der Waals surface area contributed by atoms with Crippen molar-refractivity contribution in [3.05, 3.63) is 77.9 Å². The fourth-order valence-corrected chi connectivity index (χ4v) is 2.75. The Hall–Kier alpha value is -2.35. The number of benzene rings is 2. The molecule has 2 aromatic carbocycles. The van der Waals surface area contributed by atoms with Crippen molar-refractivity contribution < 1.29 is 9.90 Å². The van der Waals surface area contributed by atoms with Crippen molar-refractivity contribution in [3.8, 4) is 0 Å². The largest absolute Gasteiger partial charge is 0.481 e. The van der Waals surface area contributed by atoms with Gasteiger partial charge in [0.15, 0.2) is 0 Å². The van der Waals surface area contributed by atoms with E-state index in [-0.39, 0.29) is 5.92 Å². The van der Waals surface area contributed by atoms with Gasteiger partial charge in [-0.05, 0) is 23.5 Å². The van der Waals surface area contributed by atoms with E-state index in [4.69, 9.17) is 0 Å². The Bertz CT molecular complexity index is 631. The van der Waals surface area contributed by atoms with Crippen molar-refractivity contribution in [2.24, 2.45) is 5.92 Å². The van der Waals surface area contributed by atoms with E-state index in [1.54, 1.807) is 0 Å². The lowest BCUT2D eigenvalue weighted by atomic mass is 9.93. The van der Waals surface area contributed by atoms with E-state index in [1.807, 2.05) is 72.8 Å². The van der Waals surface area contributed by atoms with Gasteiger partial charge in [-0.15, -0.1) is 0 Å². The molecule has 2 atom stereocenters. The molecule has 100 valence electrons. The number of rotatable bonds is 4. The molecule has 1 N–H and O–H groups in total. The molecule has 0 spiro atoms. The third-order valence-corrected chi connectivity index (χ3v) is 4.01. The standard InChI is InChI=1S/C18H16O2/c19-17(20)18(15-9-5-2-6-10-15)13-16(18)12-11-14-7-3-1-4-8-14/h1-12,16H,13H2,(H,19,20). The van der Waals surface area contributed by atoms with Crippen LogP contribution in [0.5, 0.6) is 0 Å². The van der Waals surface area contributed by atoms with Crippen molar-refractivity contribution in [3.63, 3.8) is 0 Å². The second-order valence-corrected chi connectivity index (χ2v) is 5.22. The summed E-state index contributed by atoms with van der Waals surface area (Å²) in [4.78, 5) is 11.7. The summed E-state index contributed by atoms with van der Waals surface area (Å²) in [6.45, 7) is 0. The molecule has 3 rings (SSSR count). The van der Waals surface area contributed by atoms with Crippen molar-refractivity contribution in [1.82, 2.24) is 0 Å². The summed E-state index contributed by atoms with van der Waals surface area (Å²) in [6.07, 6.45) is 4.71. The average Bonchev–Trinajstić information content (AvgIpc) is 3.23. The molecule has 0 aromatic heterocycles. The van der Waals surface area contributed by atoms with E-state index >= 15 is 0 Å². The Kier molecular flexibility index (Phi) is 3.15. The summed E-state index contributed by atoms with van der Waals surface area (Å²) in [5, 5.41) is 9.59. The van der Waals surface area contributed by atoms with Gasteiger partial charge in [-0.3, -0.25) is 4.79 Å². The first-order valence-corrected chi connectivity index (χ1v) is 6.75. The van der Waals surface area contributed by atoms with Gasteiger partial charge in [-0.1, -0.05) is 72.8 Å². The highest BCUT2D eigenvalue weighted by Crippen LogP contribution is 2.55. The van der Waals surface area contributed by atoms with Crippen molar-refractivity contribution in [1.29, 1.82) is 0 Å². The van der Waals surface area contributed by atoms with E-state index in [0.29, 0.717) is 6.42 Å². The lowest BCUT2D eigenvalue weighted by molar-refractivity contribution is -0.140. The number of hydrogen-bond donors (Lipinski definition) is 1. The molecule has 2 heteroatoms. The van der Waals surface area contributed by atoms with Crippen LogP contribution in [0.25, 0.3) is 6.08 Å². The molecule has 0 heterocycles. The predicted molar refractivity (Wildman–Crippen MR) is 79.3 cm³/mol. The molecule has 1 saturated carbocycles. The lowest BCUT2D eigenvalue weighted by Gasteiger charge is -2.11. The van der Waals surface area contributed by atoms with Crippen molar-refractivity contribution >= 4 is 12.0 Å². The number of carboxylic acid groups (broad SMARTS) is 1. The molecule has 0 amide bonds. The summed E-state index contributed by atoms with van der Waals surface area (Å²) in [5.41, 5.74) is 1.27. The van der Waals surface area contributed by atoms with Crippen LogP contribution in [0.4, 0.5) is 0 Å². The Balaban J connectivity index is 1.84. The highest BCUT2D eigenvalue weighted by atomic mass is 16.4. The number of allylic oxidation sites excluding steroid dienone is 1. The zero-order chi connectivity index (χ0) is 14.0. The van der Waals surface area contributed by atoms with Crippen LogP contribution in [0, 0.1) is 5.92 Å². The van der Waals surface area contributed by atoms with Gasteiger partial charge in [-0.2, -0.15) is 0 Å². The van der Waals surface area contributed by atoms with Crippen molar-refractivity contribution in [2.45, 2.75) is 11.8 Å². The fourth-order valence-electron chi connectivity index (χ4n) is 2.75. The maximum Gasteiger partial charge on any atom is 0.314 e. The van der Waals surface area contributed by atoms with E-state index < -0.39 is 11.4 Å². The van der Waals surface area contributed by atoms with Crippen molar-refractivity contribution in [2.75, 3.05) is 0 Å². The third kappa shape index (κ3) is 2.14. The summed E-state index contributed by atoms with van der Waals surface area (Å²) in [5.74, 6) is -0.658. The summed E-state index contributed by atoms with van der Waals surface area (Å²) < 4.78 is 0. The monoisotopic (exact) mass is 264 g/mol. The molecule has 2 unspecified atom stereocenters. The zero-order valence-corrected chi connectivity index (χ0v) is 11.1. The summed E-state index contributed by atoms with van der Waals surface area (Å²) in [7, 11) is 0. The molecule has 0 aliphatic heterocycles. The number of aliphatic carboxylic acids is 1. The molecule has 20 heavy (non-hydrogen) atoms. The molecule has 1 aliphatic carbocycles. The van der Waals surface area contributed by atoms with Crippen LogP contribution in [-0.2, 0) is 10.2 Å². The number of hydrogen-bond acceptors (Lipinski definition) is 1. The second kappa shape index (κ2) is 4.97. The lowest BCUT2D eigenvalue weighted by Crippen LogP contribution is -2.21. The first-order chi connectivity index (χ1) is 9.73. The third-order valence-electron chi connectivity index (χ3n) is 4.01. The quantitative estimate of drug-likeness (QED) is 0.913. The van der Waals surface area contributed by atoms with E-state index in [0.717, 1.165) is 11.1 Å². The van der Waals surface area contributed by atoms with Gasteiger partial charge in [0.1, 0.15) is 0 Å². The Morgan fingerprint density at radius 2 is 1.65 bits per heavy atom. The maximum absolute atomic E-state index is 11.7. The Morgan fingerprint density at radius 3 is 2.25 bits per heavy atom. The van der Waals surface area contributed by atoms with Crippen LogP contribution in [0.3, 0.4) is 0 Å². The smallest absolute Gasteiger partial charge is 0.314 e. The van der Waals surface area contributed by atoms with Gasteiger partial charge >= 0.3 is 5.97 Å². The van der Waals surface area contributed by atoms with Crippen LogP contribution in [0.15, 0.2) is 66.7 Å². The molecular weight excluding hydrogens is 248 g/mol. The molecule has 0 radical (unpaired) electrons. The minimum absolute atomic E-state index is 0.0719. The van der Waals surface area contributed by atoms with E-state index in [1.165, 1.54) is 0 Å². The average molecular weight is 264 g/mol. The van der Waals surface area contributed by atoms with E-state index in [9.17, 15) is 9.90 Å². The highest BCUT2D eigenvalue weighted by molar-refractivity contribution is 5.86. The van der Waals surface area contributed by atoms with Gasteiger partial charge < -0.3 is 5.11 Å². The zero-order valence-electron chi connectivity index (χ0n) is 11.1. The van der Waals surface area contributed by atoms with Gasteiger partial charge in [0, 0.05) is 0 Å². The Labute approximate surface area is 118 Å². The highest BCUT2D eigenvalue weighted by Gasteiger charge is 2.60. The molecule has 0 bridgehead atoms. The first-order valence-electron chi connectivity index (χ1n) is 6.75. The summed E-state index contributed by atoms with van der Waals surface area (Å²) >= 11 is 0. The van der Waals surface area contributed by atoms with Crippen LogP contribution < -0.4 is 0 Å². The molecule has 2 aromatic rings. The van der Waals surface area contributed by atoms with Gasteiger partial charge in [0.25, 0.3) is 0 Å². The fraction of sp³-hybridized carbons (Fsp3) is 0.167. The second-order valence-electron chi connectivity index (χ2n) is 5.22. The number of carboxylic acids is 1. The first kappa shape index (κ1) is 12.7. The Morgan fingerprint density at radius 1 is 1.05 bits per heavy atom. The molecule has 1 aliphatic rings. The van der Waals surface area contributed by atoms with Crippen LogP contribution in [0.2, 0.25) is 0 Å². The molecule has 0 saturated heterocycles. The van der Waals surface area contributed by atoms with Crippen LogP contribution >= 0.6 is 0 Å². The van der Waals surface area contributed by atoms with Gasteiger partial charge in [0.05, 0.1) is 5.41 Å². The molecular formula is C18H16O2. The topological polar surface area (TPSA) is 37.3 Å². The molecule has 2 nitrogen and oxygen atoms in total. The summed E-state index contributed by atoms with van der Waals surface area (Å²) in [6, 6.07) is 19.5. The van der Waals surface area contributed by atoms with E-state index in [2.05, 4.69) is 0 Å². The minimum atomic E-state index is -0.730. The SMILES string of the molecule is O=C(O)C1(c2ccccc2)CC1C=Cc1ccccc1. The van der Waals surface area contributed by atoms with Crippen LogP contribution in [0.1, 0.15) is 17.5 Å².